The van der Waals surface area contributed by atoms with Gasteiger partial charge >= 0.3 is 0 Å². The van der Waals surface area contributed by atoms with Crippen LogP contribution in [-0.4, -0.2) is 10.1 Å². The number of aryl methyl sites for hydroxylation is 1. The molecular formula is C15H15Cl2NO. The highest BCUT2D eigenvalue weighted by Crippen LogP contribution is 2.31. The van der Waals surface area contributed by atoms with Crippen LogP contribution in [0.5, 0.6) is 0 Å². The van der Waals surface area contributed by atoms with Crippen LogP contribution < -0.4 is 0 Å². The van der Waals surface area contributed by atoms with Crippen molar-refractivity contribution in [1.29, 1.82) is 0 Å². The van der Waals surface area contributed by atoms with E-state index in [1.807, 2.05) is 18.3 Å². The first-order chi connectivity index (χ1) is 9.11. The molecule has 1 N–H and O–H groups in total. The van der Waals surface area contributed by atoms with Crippen LogP contribution in [0.15, 0.2) is 36.5 Å². The van der Waals surface area contributed by atoms with E-state index in [4.69, 9.17) is 23.2 Å². The highest BCUT2D eigenvalue weighted by atomic mass is 35.5. The normalized spacial score (nSPS) is 12.4. The predicted octanol–water partition coefficient (Wildman–Crippen LogP) is 4.23. The molecule has 4 heteroatoms. The van der Waals surface area contributed by atoms with E-state index in [0.717, 1.165) is 12.1 Å². The quantitative estimate of drug-likeness (QED) is 0.916. The molecule has 0 aliphatic carbocycles. The Labute approximate surface area is 123 Å². The van der Waals surface area contributed by atoms with Crippen LogP contribution in [-0.2, 0) is 12.8 Å². The van der Waals surface area contributed by atoms with Gasteiger partial charge in [-0.25, -0.2) is 0 Å². The number of aliphatic hydroxyl groups is 1. The summed E-state index contributed by atoms with van der Waals surface area (Å²) in [5.41, 5.74) is 2.56. The van der Waals surface area contributed by atoms with E-state index in [2.05, 4.69) is 11.9 Å². The van der Waals surface area contributed by atoms with Gasteiger partial charge in [0.1, 0.15) is 0 Å². The summed E-state index contributed by atoms with van der Waals surface area (Å²) < 4.78 is 0. The maximum Gasteiger partial charge on any atom is 0.0874 e. The van der Waals surface area contributed by atoms with E-state index in [1.54, 1.807) is 18.2 Å². The van der Waals surface area contributed by atoms with Crippen LogP contribution in [0.4, 0.5) is 0 Å². The molecule has 0 amide bonds. The zero-order valence-corrected chi connectivity index (χ0v) is 12.1. The van der Waals surface area contributed by atoms with Crippen LogP contribution in [0.2, 0.25) is 10.0 Å². The number of aromatic nitrogens is 1. The first-order valence-corrected chi connectivity index (χ1v) is 6.93. The van der Waals surface area contributed by atoms with Crippen LogP contribution in [0.3, 0.4) is 0 Å². The van der Waals surface area contributed by atoms with Crippen LogP contribution >= 0.6 is 23.2 Å². The van der Waals surface area contributed by atoms with E-state index in [0.29, 0.717) is 22.0 Å². The van der Waals surface area contributed by atoms with Gasteiger partial charge < -0.3 is 5.11 Å². The zero-order chi connectivity index (χ0) is 13.8. The number of hydrogen-bond acceptors (Lipinski definition) is 2. The van der Waals surface area contributed by atoms with E-state index < -0.39 is 6.10 Å². The maximum atomic E-state index is 10.3. The molecule has 0 bridgehead atoms. The molecule has 0 fully saturated rings. The lowest BCUT2D eigenvalue weighted by molar-refractivity contribution is 0.177. The van der Waals surface area contributed by atoms with Crippen molar-refractivity contribution in [2.24, 2.45) is 0 Å². The minimum absolute atomic E-state index is 0.396. The monoisotopic (exact) mass is 295 g/mol. The Kier molecular flexibility index (Phi) is 4.81. The van der Waals surface area contributed by atoms with E-state index >= 15 is 0 Å². The molecule has 19 heavy (non-hydrogen) atoms. The summed E-state index contributed by atoms with van der Waals surface area (Å²) >= 11 is 12.1. The molecule has 1 unspecified atom stereocenters. The molecule has 0 saturated carbocycles. The minimum Gasteiger partial charge on any atom is -0.388 e. The third-order valence-electron chi connectivity index (χ3n) is 3.03. The molecule has 2 rings (SSSR count). The topological polar surface area (TPSA) is 33.1 Å². The molecule has 1 aromatic carbocycles. The molecule has 0 aliphatic heterocycles. The first kappa shape index (κ1) is 14.3. The average molecular weight is 296 g/mol. The molecule has 2 aromatic rings. The zero-order valence-electron chi connectivity index (χ0n) is 10.6. The largest absolute Gasteiger partial charge is 0.388 e. The molecule has 0 saturated heterocycles. The number of aliphatic hydroxyl groups excluding tert-OH is 1. The van der Waals surface area contributed by atoms with Crippen molar-refractivity contribution in [3.8, 4) is 0 Å². The fourth-order valence-electron chi connectivity index (χ4n) is 1.91. The van der Waals surface area contributed by atoms with Gasteiger partial charge in [-0.05, 0) is 30.2 Å². The van der Waals surface area contributed by atoms with Gasteiger partial charge in [-0.1, -0.05) is 42.3 Å². The lowest BCUT2D eigenvalue weighted by Gasteiger charge is -2.14. The SMILES string of the molecule is CCc1ccc(CC(O)c2c(Cl)cccc2Cl)nc1. The second-order valence-electron chi connectivity index (χ2n) is 4.37. The first-order valence-electron chi connectivity index (χ1n) is 6.17. The smallest absolute Gasteiger partial charge is 0.0874 e. The Morgan fingerprint density at radius 2 is 1.84 bits per heavy atom. The summed E-state index contributed by atoms with van der Waals surface area (Å²) in [4.78, 5) is 4.33. The van der Waals surface area contributed by atoms with Crippen molar-refractivity contribution in [2.45, 2.75) is 25.9 Å². The second-order valence-corrected chi connectivity index (χ2v) is 5.18. The standard InChI is InChI=1S/C15H15Cl2NO/c1-2-10-6-7-11(18-9-10)8-14(19)15-12(16)4-3-5-13(15)17/h3-7,9,14,19H,2,8H2,1H3. The van der Waals surface area contributed by atoms with Gasteiger partial charge in [0.2, 0.25) is 0 Å². The van der Waals surface area contributed by atoms with Crippen molar-refractivity contribution >= 4 is 23.2 Å². The molecule has 1 aromatic heterocycles. The third-order valence-corrected chi connectivity index (χ3v) is 3.69. The summed E-state index contributed by atoms with van der Waals surface area (Å²) in [5.74, 6) is 0. The fraction of sp³-hybridized carbons (Fsp3) is 0.267. The summed E-state index contributed by atoms with van der Waals surface area (Å²) in [5, 5.41) is 11.2. The van der Waals surface area contributed by atoms with Gasteiger partial charge in [0, 0.05) is 33.9 Å². The van der Waals surface area contributed by atoms with Gasteiger partial charge in [-0.15, -0.1) is 0 Å². The number of nitrogens with zero attached hydrogens (tertiary/aromatic N) is 1. The van der Waals surface area contributed by atoms with Crippen molar-refractivity contribution < 1.29 is 5.11 Å². The second kappa shape index (κ2) is 6.38. The van der Waals surface area contributed by atoms with Crippen LogP contribution in [0.1, 0.15) is 29.8 Å². The highest BCUT2D eigenvalue weighted by Gasteiger charge is 2.16. The predicted molar refractivity (Wildman–Crippen MR) is 78.7 cm³/mol. The van der Waals surface area contributed by atoms with E-state index in [1.165, 1.54) is 5.56 Å². The maximum absolute atomic E-state index is 10.3. The van der Waals surface area contributed by atoms with Crippen molar-refractivity contribution in [3.63, 3.8) is 0 Å². The minimum atomic E-state index is -0.749. The molecule has 1 atom stereocenters. The van der Waals surface area contributed by atoms with Crippen molar-refractivity contribution in [1.82, 2.24) is 4.98 Å². The molecule has 100 valence electrons. The Morgan fingerprint density at radius 3 is 2.37 bits per heavy atom. The number of benzene rings is 1. The van der Waals surface area contributed by atoms with Gasteiger partial charge in [0.05, 0.1) is 6.10 Å². The molecule has 1 heterocycles. The number of halogens is 2. The van der Waals surface area contributed by atoms with Gasteiger partial charge in [0.15, 0.2) is 0 Å². The molecule has 0 spiro atoms. The summed E-state index contributed by atoms with van der Waals surface area (Å²) in [7, 11) is 0. The van der Waals surface area contributed by atoms with E-state index in [9.17, 15) is 5.11 Å². The number of hydrogen-bond donors (Lipinski definition) is 1. The molecule has 0 aliphatic rings. The Morgan fingerprint density at radius 1 is 1.16 bits per heavy atom. The lowest BCUT2D eigenvalue weighted by Crippen LogP contribution is -2.05. The summed E-state index contributed by atoms with van der Waals surface area (Å²) in [6.45, 7) is 2.08. The average Bonchev–Trinajstić information content (AvgIpc) is 2.39. The van der Waals surface area contributed by atoms with Gasteiger partial charge in [0.25, 0.3) is 0 Å². The Balaban J connectivity index is 2.18. The fourth-order valence-corrected chi connectivity index (χ4v) is 2.56. The van der Waals surface area contributed by atoms with Crippen LogP contribution in [0.25, 0.3) is 0 Å². The summed E-state index contributed by atoms with van der Waals surface area (Å²) in [6.07, 6.45) is 2.43. The van der Waals surface area contributed by atoms with Gasteiger partial charge in [-0.3, -0.25) is 4.98 Å². The number of rotatable bonds is 4. The van der Waals surface area contributed by atoms with Crippen molar-refractivity contribution in [2.75, 3.05) is 0 Å². The lowest BCUT2D eigenvalue weighted by atomic mass is 10.0. The Bertz CT molecular complexity index is 534. The Hall–Kier alpha value is -1.09. The molecule has 0 radical (unpaired) electrons. The van der Waals surface area contributed by atoms with Crippen molar-refractivity contribution in [3.05, 3.63) is 63.4 Å². The molecular weight excluding hydrogens is 281 g/mol. The van der Waals surface area contributed by atoms with Gasteiger partial charge in [-0.2, -0.15) is 0 Å². The number of pyridine rings is 1. The van der Waals surface area contributed by atoms with E-state index in [-0.39, 0.29) is 0 Å². The van der Waals surface area contributed by atoms with Crippen LogP contribution in [0, 0.1) is 0 Å². The highest BCUT2D eigenvalue weighted by molar-refractivity contribution is 6.36. The molecule has 2 nitrogen and oxygen atoms in total. The third kappa shape index (κ3) is 3.47. The summed E-state index contributed by atoms with van der Waals surface area (Å²) in [6, 6.07) is 9.14.